The third-order valence-electron chi connectivity index (χ3n) is 2.23. The number of carbonyl (C=O) groups is 1. The van der Waals surface area contributed by atoms with Crippen LogP contribution in [0.2, 0.25) is 0 Å². The van der Waals surface area contributed by atoms with Crippen LogP contribution in [0, 0.1) is 5.92 Å². The molecule has 0 radical (unpaired) electrons. The molecule has 0 N–H and O–H groups in total. The number of hydrogen-bond donors (Lipinski definition) is 0. The molecule has 1 aliphatic heterocycles. The van der Waals surface area contributed by atoms with E-state index in [1.165, 1.54) is 0 Å². The van der Waals surface area contributed by atoms with Gasteiger partial charge >= 0.3 is 0 Å². The summed E-state index contributed by atoms with van der Waals surface area (Å²) in [7, 11) is 0. The lowest BCUT2D eigenvalue weighted by Gasteiger charge is -2.13. The quantitative estimate of drug-likeness (QED) is 0.628. The second kappa shape index (κ2) is 4.45. The van der Waals surface area contributed by atoms with E-state index in [2.05, 4.69) is 0 Å². The Balaban J connectivity index is 2.28. The molecule has 0 spiro atoms. The van der Waals surface area contributed by atoms with Gasteiger partial charge in [-0.2, -0.15) is 0 Å². The molecule has 0 aromatic heterocycles. The third kappa shape index (κ3) is 2.21. The van der Waals surface area contributed by atoms with Crippen LogP contribution in [0.25, 0.3) is 0 Å². The van der Waals surface area contributed by atoms with Crippen LogP contribution in [-0.4, -0.2) is 37.1 Å². The lowest BCUT2D eigenvalue weighted by molar-refractivity contribution is -0.127. The summed E-state index contributed by atoms with van der Waals surface area (Å²) in [5, 5.41) is 0. The molecule has 3 nitrogen and oxygen atoms in total. The SMILES string of the molecule is CCOCC1CC(=O)N(CC)C1. The minimum absolute atomic E-state index is 0.280. The number of carbonyl (C=O) groups excluding carboxylic acids is 1. The summed E-state index contributed by atoms with van der Waals surface area (Å²) < 4.78 is 5.28. The maximum absolute atomic E-state index is 11.2. The summed E-state index contributed by atoms with van der Waals surface area (Å²) in [5.41, 5.74) is 0. The van der Waals surface area contributed by atoms with Gasteiger partial charge in [-0.25, -0.2) is 0 Å². The van der Waals surface area contributed by atoms with Gasteiger partial charge in [-0.3, -0.25) is 4.79 Å². The van der Waals surface area contributed by atoms with Gasteiger partial charge in [0.25, 0.3) is 0 Å². The smallest absolute Gasteiger partial charge is 0.223 e. The lowest BCUT2D eigenvalue weighted by atomic mass is 10.1. The molecule has 1 saturated heterocycles. The Morgan fingerprint density at radius 1 is 1.58 bits per heavy atom. The fourth-order valence-corrected chi connectivity index (χ4v) is 1.56. The first-order valence-electron chi connectivity index (χ1n) is 4.63. The topological polar surface area (TPSA) is 29.5 Å². The van der Waals surface area contributed by atoms with E-state index in [4.69, 9.17) is 4.74 Å². The van der Waals surface area contributed by atoms with E-state index >= 15 is 0 Å². The fraction of sp³-hybridized carbons (Fsp3) is 0.889. The molecule has 12 heavy (non-hydrogen) atoms. The zero-order chi connectivity index (χ0) is 8.97. The maximum Gasteiger partial charge on any atom is 0.223 e. The molecule has 1 atom stereocenters. The van der Waals surface area contributed by atoms with Gasteiger partial charge in [0.2, 0.25) is 5.91 Å². The molecular weight excluding hydrogens is 154 g/mol. The van der Waals surface area contributed by atoms with Crippen molar-refractivity contribution in [3.63, 3.8) is 0 Å². The molecule has 1 fully saturated rings. The van der Waals surface area contributed by atoms with Crippen molar-refractivity contribution in [3.05, 3.63) is 0 Å². The molecule has 3 heteroatoms. The first-order valence-corrected chi connectivity index (χ1v) is 4.63. The number of amides is 1. The summed E-state index contributed by atoms with van der Waals surface area (Å²) in [5.74, 6) is 0.708. The molecular formula is C9H17NO2. The van der Waals surface area contributed by atoms with Gasteiger partial charge in [-0.05, 0) is 13.8 Å². The first-order chi connectivity index (χ1) is 5.77. The predicted molar refractivity (Wildman–Crippen MR) is 46.9 cm³/mol. The second-order valence-electron chi connectivity index (χ2n) is 3.16. The monoisotopic (exact) mass is 171 g/mol. The minimum atomic E-state index is 0.280. The summed E-state index contributed by atoms with van der Waals surface area (Å²) in [6.45, 7) is 7.20. The molecule has 1 aliphatic rings. The van der Waals surface area contributed by atoms with Crippen LogP contribution in [0.4, 0.5) is 0 Å². The van der Waals surface area contributed by atoms with Crippen LogP contribution >= 0.6 is 0 Å². The van der Waals surface area contributed by atoms with E-state index in [-0.39, 0.29) is 5.91 Å². The van der Waals surface area contributed by atoms with Gasteiger partial charge in [0.15, 0.2) is 0 Å². The van der Waals surface area contributed by atoms with Crippen LogP contribution < -0.4 is 0 Å². The van der Waals surface area contributed by atoms with Crippen LogP contribution in [0.3, 0.4) is 0 Å². The molecule has 1 amide bonds. The summed E-state index contributed by atoms with van der Waals surface area (Å²) in [4.78, 5) is 13.1. The normalized spacial score (nSPS) is 23.7. The van der Waals surface area contributed by atoms with Gasteiger partial charge in [0, 0.05) is 32.0 Å². The van der Waals surface area contributed by atoms with Crippen LogP contribution in [0.5, 0.6) is 0 Å². The highest BCUT2D eigenvalue weighted by atomic mass is 16.5. The Bertz CT molecular complexity index is 159. The Morgan fingerprint density at radius 3 is 2.83 bits per heavy atom. The van der Waals surface area contributed by atoms with Crippen molar-refractivity contribution in [3.8, 4) is 0 Å². The van der Waals surface area contributed by atoms with Crippen molar-refractivity contribution in [2.45, 2.75) is 20.3 Å². The zero-order valence-corrected chi connectivity index (χ0v) is 7.88. The number of ether oxygens (including phenoxy) is 1. The van der Waals surface area contributed by atoms with E-state index in [0.717, 1.165) is 26.3 Å². The van der Waals surface area contributed by atoms with Crippen molar-refractivity contribution in [1.29, 1.82) is 0 Å². The molecule has 1 unspecified atom stereocenters. The molecule has 1 heterocycles. The second-order valence-corrected chi connectivity index (χ2v) is 3.16. The average Bonchev–Trinajstić information content (AvgIpc) is 2.43. The predicted octanol–water partition coefficient (Wildman–Crippen LogP) is 0.891. The third-order valence-corrected chi connectivity index (χ3v) is 2.23. The van der Waals surface area contributed by atoms with Gasteiger partial charge < -0.3 is 9.64 Å². The van der Waals surface area contributed by atoms with E-state index in [9.17, 15) is 4.79 Å². The Kier molecular flexibility index (Phi) is 3.53. The fourth-order valence-electron chi connectivity index (χ4n) is 1.56. The highest BCUT2D eigenvalue weighted by molar-refractivity contribution is 5.78. The standard InChI is InChI=1S/C9H17NO2/c1-3-10-6-8(5-9(10)11)7-12-4-2/h8H,3-7H2,1-2H3. The number of hydrogen-bond acceptors (Lipinski definition) is 2. The van der Waals surface area contributed by atoms with E-state index in [0.29, 0.717) is 12.3 Å². The lowest BCUT2D eigenvalue weighted by Crippen LogP contribution is -2.25. The highest BCUT2D eigenvalue weighted by Crippen LogP contribution is 2.17. The van der Waals surface area contributed by atoms with Crippen LogP contribution in [0.15, 0.2) is 0 Å². The number of rotatable bonds is 4. The first kappa shape index (κ1) is 9.52. The molecule has 0 saturated carbocycles. The molecule has 0 aromatic rings. The van der Waals surface area contributed by atoms with E-state index in [1.54, 1.807) is 0 Å². The maximum atomic E-state index is 11.2. The largest absolute Gasteiger partial charge is 0.381 e. The highest BCUT2D eigenvalue weighted by Gasteiger charge is 2.27. The Labute approximate surface area is 73.7 Å². The van der Waals surface area contributed by atoms with Crippen LogP contribution in [-0.2, 0) is 9.53 Å². The number of likely N-dealkylation sites (tertiary alicyclic amines) is 1. The van der Waals surface area contributed by atoms with E-state index in [1.807, 2.05) is 18.7 Å². The molecule has 0 bridgehead atoms. The van der Waals surface area contributed by atoms with E-state index < -0.39 is 0 Å². The van der Waals surface area contributed by atoms with Crippen molar-refractivity contribution in [1.82, 2.24) is 4.90 Å². The summed E-state index contributed by atoms with van der Waals surface area (Å²) >= 11 is 0. The molecule has 70 valence electrons. The van der Waals surface area contributed by atoms with Crippen molar-refractivity contribution in [2.24, 2.45) is 5.92 Å². The van der Waals surface area contributed by atoms with Crippen molar-refractivity contribution in [2.75, 3.05) is 26.3 Å². The Hall–Kier alpha value is -0.570. The Morgan fingerprint density at radius 2 is 2.33 bits per heavy atom. The van der Waals surface area contributed by atoms with Gasteiger partial charge in [0.05, 0.1) is 6.61 Å². The van der Waals surface area contributed by atoms with Gasteiger partial charge in [-0.1, -0.05) is 0 Å². The van der Waals surface area contributed by atoms with Crippen molar-refractivity contribution >= 4 is 5.91 Å². The zero-order valence-electron chi connectivity index (χ0n) is 7.88. The molecule has 0 aromatic carbocycles. The number of nitrogens with zero attached hydrogens (tertiary/aromatic N) is 1. The molecule has 0 aliphatic carbocycles. The minimum Gasteiger partial charge on any atom is -0.381 e. The molecule has 1 rings (SSSR count). The van der Waals surface area contributed by atoms with Gasteiger partial charge in [0.1, 0.15) is 0 Å². The van der Waals surface area contributed by atoms with Gasteiger partial charge in [-0.15, -0.1) is 0 Å². The van der Waals surface area contributed by atoms with Crippen LogP contribution in [0.1, 0.15) is 20.3 Å². The average molecular weight is 171 g/mol. The summed E-state index contributed by atoms with van der Waals surface area (Å²) in [6.07, 6.45) is 0.674. The van der Waals surface area contributed by atoms with Crippen molar-refractivity contribution < 1.29 is 9.53 Å². The summed E-state index contributed by atoms with van der Waals surface area (Å²) in [6, 6.07) is 0.